The van der Waals surface area contributed by atoms with Gasteiger partial charge in [0, 0.05) is 0 Å². The Hall–Kier alpha value is -0.300. The van der Waals surface area contributed by atoms with Crippen molar-refractivity contribution in [2.24, 2.45) is 11.8 Å². The molecular weight excluding hydrogens is 148 g/mol. The van der Waals surface area contributed by atoms with E-state index < -0.39 is 0 Å². The SMILES string of the molecule is C=C1[C@H]2CCC[C@@]1(C)OC[C@@H]2C. The summed E-state index contributed by atoms with van der Waals surface area (Å²) in [5.41, 5.74) is 1.38. The minimum Gasteiger partial charge on any atom is -0.371 e. The fourth-order valence-electron chi connectivity index (χ4n) is 2.61. The van der Waals surface area contributed by atoms with Crippen molar-refractivity contribution in [3.8, 4) is 0 Å². The van der Waals surface area contributed by atoms with Gasteiger partial charge in [-0.1, -0.05) is 13.5 Å². The molecule has 1 heterocycles. The van der Waals surface area contributed by atoms with Crippen LogP contribution in [-0.4, -0.2) is 12.2 Å². The summed E-state index contributed by atoms with van der Waals surface area (Å²) >= 11 is 0. The van der Waals surface area contributed by atoms with Crippen LogP contribution >= 0.6 is 0 Å². The standard InChI is InChI=1S/C11H18O/c1-8-7-12-11(3)6-4-5-10(8)9(11)2/h8,10H,2,4-7H2,1,3H3/t8-,10-,11+/m0/s1. The summed E-state index contributed by atoms with van der Waals surface area (Å²) in [6, 6.07) is 0. The molecule has 0 N–H and O–H groups in total. The van der Waals surface area contributed by atoms with Crippen LogP contribution in [-0.2, 0) is 4.74 Å². The first-order valence-corrected chi connectivity index (χ1v) is 4.97. The van der Waals surface area contributed by atoms with Crippen molar-refractivity contribution < 1.29 is 4.74 Å². The van der Waals surface area contributed by atoms with E-state index in [1.165, 1.54) is 24.8 Å². The van der Waals surface area contributed by atoms with Crippen molar-refractivity contribution in [2.45, 2.75) is 38.7 Å². The van der Waals surface area contributed by atoms with Crippen LogP contribution in [0.1, 0.15) is 33.1 Å². The lowest BCUT2D eigenvalue weighted by Crippen LogP contribution is -2.46. The van der Waals surface area contributed by atoms with E-state index in [4.69, 9.17) is 4.74 Å². The van der Waals surface area contributed by atoms with Gasteiger partial charge in [-0.05, 0) is 43.6 Å². The van der Waals surface area contributed by atoms with E-state index in [-0.39, 0.29) is 5.60 Å². The van der Waals surface area contributed by atoms with Crippen LogP contribution < -0.4 is 0 Å². The molecule has 1 saturated heterocycles. The Balaban J connectivity index is 2.25. The van der Waals surface area contributed by atoms with E-state index in [9.17, 15) is 0 Å². The number of hydrogen-bond donors (Lipinski definition) is 0. The second-order valence-corrected chi connectivity index (χ2v) is 4.54. The Morgan fingerprint density at radius 2 is 2.33 bits per heavy atom. The summed E-state index contributed by atoms with van der Waals surface area (Å²) in [4.78, 5) is 0. The van der Waals surface area contributed by atoms with Crippen molar-refractivity contribution in [2.75, 3.05) is 6.61 Å². The highest BCUT2D eigenvalue weighted by Gasteiger charge is 2.42. The van der Waals surface area contributed by atoms with Gasteiger partial charge in [-0.2, -0.15) is 0 Å². The van der Waals surface area contributed by atoms with Crippen LogP contribution in [0.3, 0.4) is 0 Å². The number of hydrogen-bond acceptors (Lipinski definition) is 1. The van der Waals surface area contributed by atoms with Crippen molar-refractivity contribution >= 4 is 0 Å². The van der Waals surface area contributed by atoms with E-state index in [0.717, 1.165) is 12.5 Å². The third kappa shape index (κ3) is 1.03. The molecule has 0 aromatic heterocycles. The van der Waals surface area contributed by atoms with Gasteiger partial charge in [0.2, 0.25) is 0 Å². The lowest BCUT2D eigenvalue weighted by molar-refractivity contribution is -0.0873. The van der Waals surface area contributed by atoms with E-state index in [1.807, 2.05) is 0 Å². The monoisotopic (exact) mass is 166 g/mol. The first kappa shape index (κ1) is 8.31. The molecule has 0 radical (unpaired) electrons. The molecular formula is C11H18O. The largest absolute Gasteiger partial charge is 0.371 e. The van der Waals surface area contributed by atoms with Crippen LogP contribution in [0.15, 0.2) is 12.2 Å². The Labute approximate surface area is 74.8 Å². The lowest BCUT2D eigenvalue weighted by Gasteiger charge is -2.48. The number of rotatable bonds is 0. The molecule has 0 aromatic carbocycles. The molecule has 1 aliphatic carbocycles. The van der Waals surface area contributed by atoms with Gasteiger partial charge in [-0.25, -0.2) is 0 Å². The van der Waals surface area contributed by atoms with Crippen molar-refractivity contribution in [1.29, 1.82) is 0 Å². The Kier molecular flexibility index (Phi) is 1.80. The molecule has 0 spiro atoms. The van der Waals surface area contributed by atoms with Gasteiger partial charge in [0.1, 0.15) is 0 Å². The topological polar surface area (TPSA) is 9.23 Å². The minimum atomic E-state index is 0.0232. The fraction of sp³-hybridized carbons (Fsp3) is 0.818. The molecule has 0 unspecified atom stereocenters. The third-order valence-electron chi connectivity index (χ3n) is 3.65. The van der Waals surface area contributed by atoms with Crippen LogP contribution in [0.2, 0.25) is 0 Å². The van der Waals surface area contributed by atoms with Gasteiger partial charge < -0.3 is 4.74 Å². The second kappa shape index (κ2) is 2.59. The number of ether oxygens (including phenoxy) is 1. The molecule has 0 aromatic rings. The van der Waals surface area contributed by atoms with E-state index >= 15 is 0 Å². The molecule has 68 valence electrons. The maximum Gasteiger partial charge on any atom is 0.0863 e. The predicted octanol–water partition coefficient (Wildman–Crippen LogP) is 2.77. The zero-order chi connectivity index (χ0) is 8.77. The average Bonchev–Trinajstić information content (AvgIpc) is 2.03. The third-order valence-corrected chi connectivity index (χ3v) is 3.65. The molecule has 2 rings (SSSR count). The zero-order valence-corrected chi connectivity index (χ0v) is 8.10. The zero-order valence-electron chi connectivity index (χ0n) is 8.10. The fourth-order valence-corrected chi connectivity index (χ4v) is 2.61. The van der Waals surface area contributed by atoms with Crippen LogP contribution in [0.4, 0.5) is 0 Å². The summed E-state index contributed by atoms with van der Waals surface area (Å²) in [5, 5.41) is 0. The highest BCUT2D eigenvalue weighted by atomic mass is 16.5. The van der Waals surface area contributed by atoms with Crippen LogP contribution in [0.25, 0.3) is 0 Å². The Bertz CT molecular complexity index is 209. The smallest absolute Gasteiger partial charge is 0.0863 e. The highest BCUT2D eigenvalue weighted by Crippen LogP contribution is 2.46. The lowest BCUT2D eigenvalue weighted by atomic mass is 9.68. The first-order chi connectivity index (χ1) is 5.63. The number of fused-ring (bicyclic) bond motifs is 2. The molecule has 1 heteroatoms. The van der Waals surface area contributed by atoms with E-state index in [0.29, 0.717) is 5.92 Å². The summed E-state index contributed by atoms with van der Waals surface area (Å²) in [5.74, 6) is 1.42. The molecule has 2 bridgehead atoms. The van der Waals surface area contributed by atoms with E-state index in [1.54, 1.807) is 0 Å². The molecule has 1 saturated carbocycles. The van der Waals surface area contributed by atoms with E-state index in [2.05, 4.69) is 20.4 Å². The molecule has 2 fully saturated rings. The maximum absolute atomic E-state index is 5.86. The van der Waals surface area contributed by atoms with Crippen molar-refractivity contribution in [1.82, 2.24) is 0 Å². The predicted molar refractivity (Wildman–Crippen MR) is 50.0 cm³/mol. The van der Waals surface area contributed by atoms with Crippen molar-refractivity contribution in [3.63, 3.8) is 0 Å². The molecule has 1 nitrogen and oxygen atoms in total. The quantitative estimate of drug-likeness (QED) is 0.503. The Morgan fingerprint density at radius 1 is 1.58 bits per heavy atom. The molecule has 3 atom stereocenters. The average molecular weight is 166 g/mol. The summed E-state index contributed by atoms with van der Waals surface area (Å²) < 4.78 is 5.86. The van der Waals surface area contributed by atoms with Gasteiger partial charge in [0.25, 0.3) is 0 Å². The van der Waals surface area contributed by atoms with Gasteiger partial charge in [-0.15, -0.1) is 0 Å². The Morgan fingerprint density at radius 3 is 3.00 bits per heavy atom. The van der Waals surface area contributed by atoms with Crippen molar-refractivity contribution in [3.05, 3.63) is 12.2 Å². The van der Waals surface area contributed by atoms with Gasteiger partial charge >= 0.3 is 0 Å². The van der Waals surface area contributed by atoms with Crippen LogP contribution in [0.5, 0.6) is 0 Å². The first-order valence-electron chi connectivity index (χ1n) is 4.97. The summed E-state index contributed by atoms with van der Waals surface area (Å²) in [6.07, 6.45) is 3.82. The minimum absolute atomic E-state index is 0.0232. The normalized spacial score (nSPS) is 47.7. The maximum atomic E-state index is 5.86. The summed E-state index contributed by atoms with van der Waals surface area (Å²) in [7, 11) is 0. The second-order valence-electron chi connectivity index (χ2n) is 4.54. The van der Waals surface area contributed by atoms with Gasteiger partial charge in [0.05, 0.1) is 12.2 Å². The molecule has 2 aliphatic rings. The molecule has 0 amide bonds. The molecule has 12 heavy (non-hydrogen) atoms. The van der Waals surface area contributed by atoms with Gasteiger partial charge in [0.15, 0.2) is 0 Å². The van der Waals surface area contributed by atoms with Gasteiger partial charge in [-0.3, -0.25) is 0 Å². The highest BCUT2D eigenvalue weighted by molar-refractivity contribution is 5.20. The summed E-state index contributed by atoms with van der Waals surface area (Å²) in [6.45, 7) is 9.61. The van der Waals surface area contributed by atoms with Crippen LogP contribution in [0, 0.1) is 11.8 Å². The molecule has 1 aliphatic heterocycles.